The Morgan fingerprint density at radius 1 is 1.60 bits per heavy atom. The Hall–Kier alpha value is -0.480. The van der Waals surface area contributed by atoms with Gasteiger partial charge in [-0.05, 0) is 35.8 Å². The molecule has 4 heteroatoms. The molecule has 0 saturated carbocycles. The maximum atomic E-state index is 8.85. The molecule has 86 valence electrons. The molecule has 0 saturated heterocycles. The summed E-state index contributed by atoms with van der Waals surface area (Å²) in [6, 6.07) is 0. The lowest BCUT2D eigenvalue weighted by Gasteiger charge is -2.06. The van der Waals surface area contributed by atoms with Gasteiger partial charge >= 0.3 is 0 Å². The lowest BCUT2D eigenvalue weighted by Crippen LogP contribution is -2.04. The van der Waals surface area contributed by atoms with Crippen LogP contribution in [0.4, 0.5) is 0 Å². The molecule has 0 aromatic carbocycles. The fourth-order valence-electron chi connectivity index (χ4n) is 1.32. The van der Waals surface area contributed by atoms with E-state index >= 15 is 0 Å². The lowest BCUT2D eigenvalue weighted by molar-refractivity contribution is 0.250. The second-order valence-corrected chi connectivity index (χ2v) is 5.14. The summed E-state index contributed by atoms with van der Waals surface area (Å²) in [4.78, 5) is 0. The predicted molar refractivity (Wildman–Crippen MR) is 65.1 cm³/mol. The van der Waals surface area contributed by atoms with Crippen LogP contribution in [0.2, 0.25) is 0 Å². The molecule has 1 aromatic heterocycles. The predicted octanol–water partition coefficient (Wildman–Crippen LogP) is 1.71. The van der Waals surface area contributed by atoms with E-state index in [1.165, 1.54) is 17.7 Å². The van der Waals surface area contributed by atoms with Crippen molar-refractivity contribution in [3.63, 3.8) is 0 Å². The van der Waals surface area contributed by atoms with Gasteiger partial charge in [0, 0.05) is 19.9 Å². The summed E-state index contributed by atoms with van der Waals surface area (Å²) in [7, 11) is 1.95. The molecule has 0 bridgehead atoms. The van der Waals surface area contributed by atoms with Crippen LogP contribution in [0.1, 0.15) is 18.9 Å². The van der Waals surface area contributed by atoms with Gasteiger partial charge in [-0.15, -0.1) is 0 Å². The number of aliphatic hydroxyl groups excluding tert-OH is 1. The molecule has 15 heavy (non-hydrogen) atoms. The van der Waals surface area contributed by atoms with Crippen molar-refractivity contribution in [3.8, 4) is 0 Å². The number of aliphatic hydroxyl groups is 1. The SMILES string of the molecule is CC(CO)CSCCCc1cnn(C)c1. The molecule has 0 fully saturated rings. The van der Waals surface area contributed by atoms with Crippen LogP contribution < -0.4 is 0 Å². The molecule has 0 aliphatic heterocycles. The zero-order chi connectivity index (χ0) is 11.1. The maximum Gasteiger partial charge on any atom is 0.0521 e. The van der Waals surface area contributed by atoms with Crippen molar-refractivity contribution in [1.29, 1.82) is 0 Å². The molecule has 0 radical (unpaired) electrons. The minimum absolute atomic E-state index is 0.301. The Labute approximate surface area is 95.9 Å². The Kier molecular flexibility index (Phi) is 5.79. The van der Waals surface area contributed by atoms with E-state index in [1.807, 2.05) is 29.7 Å². The van der Waals surface area contributed by atoms with Gasteiger partial charge < -0.3 is 5.11 Å². The standard InChI is InChI=1S/C11H20N2OS/c1-10(8-14)9-15-5-3-4-11-6-12-13(2)7-11/h6-7,10,14H,3-5,8-9H2,1-2H3. The minimum Gasteiger partial charge on any atom is -0.396 e. The van der Waals surface area contributed by atoms with Gasteiger partial charge in [-0.1, -0.05) is 6.92 Å². The summed E-state index contributed by atoms with van der Waals surface area (Å²) in [6.07, 6.45) is 6.30. The second kappa shape index (κ2) is 6.90. The zero-order valence-corrected chi connectivity index (χ0v) is 10.3. The van der Waals surface area contributed by atoms with Crippen LogP contribution in [0, 0.1) is 5.92 Å². The first-order valence-corrected chi connectivity index (χ1v) is 6.54. The molecule has 0 aliphatic rings. The summed E-state index contributed by atoms with van der Waals surface area (Å²) in [5.74, 6) is 2.65. The van der Waals surface area contributed by atoms with Gasteiger partial charge in [0.2, 0.25) is 0 Å². The molecular formula is C11H20N2OS. The first kappa shape index (κ1) is 12.6. The summed E-state index contributed by atoms with van der Waals surface area (Å²) in [6.45, 7) is 2.38. The smallest absolute Gasteiger partial charge is 0.0521 e. The van der Waals surface area contributed by atoms with Crippen LogP contribution in [-0.4, -0.2) is 33.0 Å². The molecule has 0 spiro atoms. The highest BCUT2D eigenvalue weighted by Crippen LogP contribution is 2.11. The Balaban J connectivity index is 2.02. The van der Waals surface area contributed by atoms with Crippen molar-refractivity contribution in [2.24, 2.45) is 13.0 Å². The average molecular weight is 228 g/mol. The summed E-state index contributed by atoms with van der Waals surface area (Å²) in [5, 5.41) is 13.0. The number of aryl methyl sites for hydroxylation is 2. The third-order valence-electron chi connectivity index (χ3n) is 2.23. The van der Waals surface area contributed by atoms with Gasteiger partial charge in [0.25, 0.3) is 0 Å². The fourth-order valence-corrected chi connectivity index (χ4v) is 2.34. The van der Waals surface area contributed by atoms with Crippen LogP contribution in [0.3, 0.4) is 0 Å². The van der Waals surface area contributed by atoms with E-state index in [4.69, 9.17) is 5.11 Å². The topological polar surface area (TPSA) is 38.1 Å². The highest BCUT2D eigenvalue weighted by molar-refractivity contribution is 7.99. The number of aromatic nitrogens is 2. The Bertz CT molecular complexity index is 275. The number of hydrogen-bond acceptors (Lipinski definition) is 3. The molecule has 1 atom stereocenters. The van der Waals surface area contributed by atoms with Crippen LogP contribution in [0.15, 0.2) is 12.4 Å². The van der Waals surface area contributed by atoms with E-state index < -0.39 is 0 Å². The maximum absolute atomic E-state index is 8.85. The molecular weight excluding hydrogens is 208 g/mol. The molecule has 1 rings (SSSR count). The van der Waals surface area contributed by atoms with Crippen LogP contribution >= 0.6 is 11.8 Å². The van der Waals surface area contributed by atoms with Crippen molar-refractivity contribution in [2.75, 3.05) is 18.1 Å². The van der Waals surface area contributed by atoms with Gasteiger partial charge in [0.05, 0.1) is 6.20 Å². The van der Waals surface area contributed by atoms with Gasteiger partial charge in [-0.25, -0.2) is 0 Å². The van der Waals surface area contributed by atoms with E-state index in [2.05, 4.69) is 18.2 Å². The van der Waals surface area contributed by atoms with Crippen molar-refractivity contribution in [1.82, 2.24) is 9.78 Å². The highest BCUT2D eigenvalue weighted by Gasteiger charge is 2.00. The summed E-state index contributed by atoms with van der Waals surface area (Å²) in [5.41, 5.74) is 1.31. The van der Waals surface area contributed by atoms with Gasteiger partial charge in [0.15, 0.2) is 0 Å². The second-order valence-electron chi connectivity index (χ2n) is 3.99. The normalized spacial score (nSPS) is 13.0. The molecule has 3 nitrogen and oxygen atoms in total. The van der Waals surface area contributed by atoms with Gasteiger partial charge in [-0.2, -0.15) is 16.9 Å². The third-order valence-corrected chi connectivity index (χ3v) is 3.61. The van der Waals surface area contributed by atoms with Crippen molar-refractivity contribution < 1.29 is 5.11 Å². The first-order valence-electron chi connectivity index (χ1n) is 5.38. The molecule has 1 N–H and O–H groups in total. The molecule has 0 aliphatic carbocycles. The molecule has 0 amide bonds. The van der Waals surface area contributed by atoms with E-state index in [9.17, 15) is 0 Å². The van der Waals surface area contributed by atoms with Crippen molar-refractivity contribution in [2.45, 2.75) is 19.8 Å². The number of nitrogens with zero attached hydrogens (tertiary/aromatic N) is 2. The number of thioether (sulfide) groups is 1. The quantitative estimate of drug-likeness (QED) is 0.722. The molecule has 1 heterocycles. The van der Waals surface area contributed by atoms with Crippen LogP contribution in [-0.2, 0) is 13.5 Å². The van der Waals surface area contributed by atoms with Gasteiger partial charge in [-0.3, -0.25) is 4.68 Å². The van der Waals surface area contributed by atoms with E-state index in [1.54, 1.807) is 0 Å². The summed E-state index contributed by atoms with van der Waals surface area (Å²) < 4.78 is 1.84. The number of hydrogen-bond donors (Lipinski definition) is 1. The first-order chi connectivity index (χ1) is 7.22. The van der Waals surface area contributed by atoms with Gasteiger partial charge in [0.1, 0.15) is 0 Å². The number of rotatable bonds is 7. The largest absolute Gasteiger partial charge is 0.396 e. The minimum atomic E-state index is 0.301. The molecule has 1 aromatic rings. The van der Waals surface area contributed by atoms with E-state index in [0.29, 0.717) is 12.5 Å². The van der Waals surface area contributed by atoms with E-state index in [0.717, 1.165) is 12.2 Å². The fraction of sp³-hybridized carbons (Fsp3) is 0.727. The van der Waals surface area contributed by atoms with Crippen molar-refractivity contribution >= 4 is 11.8 Å². The van der Waals surface area contributed by atoms with Crippen LogP contribution in [0.5, 0.6) is 0 Å². The zero-order valence-electron chi connectivity index (χ0n) is 9.52. The molecule has 1 unspecified atom stereocenters. The van der Waals surface area contributed by atoms with E-state index in [-0.39, 0.29) is 0 Å². The Morgan fingerprint density at radius 2 is 2.40 bits per heavy atom. The van der Waals surface area contributed by atoms with Crippen LogP contribution in [0.25, 0.3) is 0 Å². The monoisotopic (exact) mass is 228 g/mol. The summed E-state index contributed by atoms with van der Waals surface area (Å²) >= 11 is 1.92. The highest BCUT2D eigenvalue weighted by atomic mass is 32.2. The van der Waals surface area contributed by atoms with Crippen molar-refractivity contribution in [3.05, 3.63) is 18.0 Å². The third kappa shape index (κ3) is 5.23. The average Bonchev–Trinajstić information content (AvgIpc) is 2.63. The lowest BCUT2D eigenvalue weighted by atomic mass is 10.2. The Morgan fingerprint density at radius 3 is 3.00 bits per heavy atom.